The zero-order valence-corrected chi connectivity index (χ0v) is 15.2. The highest BCUT2D eigenvalue weighted by Crippen LogP contribution is 2.23. The largest absolute Gasteiger partial charge is 0.369 e. The van der Waals surface area contributed by atoms with E-state index in [1.54, 1.807) is 0 Å². The van der Waals surface area contributed by atoms with Gasteiger partial charge in [-0.2, -0.15) is 0 Å². The predicted molar refractivity (Wildman–Crippen MR) is 103 cm³/mol. The standard InChI is InChI=1S/C20H32N4O/c21-16-17-6-4-5-9-19(17)22-20(25)10-11-23-12-14-24(15-13-23)18-7-2-1-3-8-18/h1-3,7-8,17,19H,4-6,9-16,21H2,(H,22,25). The van der Waals surface area contributed by atoms with Gasteiger partial charge in [0.25, 0.3) is 0 Å². The maximum absolute atomic E-state index is 12.3. The Balaban J connectivity index is 1.37. The molecular weight excluding hydrogens is 312 g/mol. The molecule has 1 aromatic rings. The van der Waals surface area contributed by atoms with Gasteiger partial charge >= 0.3 is 0 Å². The molecule has 0 bridgehead atoms. The monoisotopic (exact) mass is 344 g/mol. The smallest absolute Gasteiger partial charge is 0.221 e. The summed E-state index contributed by atoms with van der Waals surface area (Å²) >= 11 is 0. The molecule has 0 radical (unpaired) electrons. The van der Waals surface area contributed by atoms with Crippen molar-refractivity contribution in [1.82, 2.24) is 10.2 Å². The summed E-state index contributed by atoms with van der Waals surface area (Å²) in [6.07, 6.45) is 5.30. The van der Waals surface area contributed by atoms with Gasteiger partial charge in [-0.3, -0.25) is 9.69 Å². The van der Waals surface area contributed by atoms with Crippen LogP contribution in [0.5, 0.6) is 0 Å². The van der Waals surface area contributed by atoms with Gasteiger partial charge in [-0.25, -0.2) is 0 Å². The van der Waals surface area contributed by atoms with E-state index >= 15 is 0 Å². The number of anilines is 1. The highest BCUT2D eigenvalue weighted by Gasteiger charge is 2.25. The van der Waals surface area contributed by atoms with Crippen LogP contribution in [-0.2, 0) is 4.79 Å². The molecule has 2 fully saturated rings. The van der Waals surface area contributed by atoms with Gasteiger partial charge < -0.3 is 16.0 Å². The summed E-state index contributed by atoms with van der Waals surface area (Å²) in [5.41, 5.74) is 7.15. The van der Waals surface area contributed by atoms with Gasteiger partial charge in [0, 0.05) is 50.9 Å². The van der Waals surface area contributed by atoms with Crippen LogP contribution < -0.4 is 16.0 Å². The average molecular weight is 345 g/mol. The number of nitrogens with one attached hydrogen (secondary N) is 1. The maximum atomic E-state index is 12.3. The molecule has 2 unspecified atom stereocenters. The highest BCUT2D eigenvalue weighted by molar-refractivity contribution is 5.76. The second-order valence-corrected chi connectivity index (χ2v) is 7.37. The van der Waals surface area contributed by atoms with Gasteiger partial charge in [-0.15, -0.1) is 0 Å². The molecule has 2 atom stereocenters. The zero-order valence-electron chi connectivity index (χ0n) is 15.2. The van der Waals surface area contributed by atoms with Crippen LogP contribution in [0.25, 0.3) is 0 Å². The van der Waals surface area contributed by atoms with Crippen LogP contribution in [0.4, 0.5) is 5.69 Å². The first-order valence-corrected chi connectivity index (χ1v) is 9.78. The van der Waals surface area contributed by atoms with Crippen molar-refractivity contribution < 1.29 is 4.79 Å². The fourth-order valence-electron chi connectivity index (χ4n) is 4.09. The Labute approximate surface area is 151 Å². The van der Waals surface area contributed by atoms with E-state index in [4.69, 9.17) is 5.73 Å². The molecule has 3 N–H and O–H groups in total. The molecule has 138 valence electrons. The van der Waals surface area contributed by atoms with Crippen LogP contribution in [0.2, 0.25) is 0 Å². The molecule has 1 aromatic carbocycles. The lowest BCUT2D eigenvalue weighted by molar-refractivity contribution is -0.122. The summed E-state index contributed by atoms with van der Waals surface area (Å²) in [5.74, 6) is 0.656. The second-order valence-electron chi connectivity index (χ2n) is 7.37. The lowest BCUT2D eigenvalue weighted by Crippen LogP contribution is -2.48. The number of carbonyl (C=O) groups excluding carboxylic acids is 1. The minimum absolute atomic E-state index is 0.191. The van der Waals surface area contributed by atoms with E-state index in [0.29, 0.717) is 24.9 Å². The molecule has 25 heavy (non-hydrogen) atoms. The Morgan fingerprint density at radius 3 is 2.52 bits per heavy atom. The van der Waals surface area contributed by atoms with Crippen LogP contribution in [0.3, 0.4) is 0 Å². The van der Waals surface area contributed by atoms with Crippen molar-refractivity contribution in [2.75, 3.05) is 44.2 Å². The Hall–Kier alpha value is -1.59. The minimum atomic E-state index is 0.191. The summed E-state index contributed by atoms with van der Waals surface area (Å²) < 4.78 is 0. The molecule has 1 amide bonds. The SMILES string of the molecule is NCC1CCCCC1NC(=O)CCN1CCN(c2ccccc2)CC1. The molecule has 5 nitrogen and oxygen atoms in total. The Kier molecular flexibility index (Phi) is 6.70. The lowest BCUT2D eigenvalue weighted by atomic mass is 9.84. The number of para-hydroxylation sites is 1. The van der Waals surface area contributed by atoms with Gasteiger partial charge in [-0.05, 0) is 37.4 Å². The molecule has 0 aromatic heterocycles. The van der Waals surface area contributed by atoms with Crippen molar-refractivity contribution in [3.63, 3.8) is 0 Å². The molecule has 1 aliphatic carbocycles. The van der Waals surface area contributed by atoms with Crippen molar-refractivity contribution in [3.05, 3.63) is 30.3 Å². The van der Waals surface area contributed by atoms with Crippen molar-refractivity contribution in [1.29, 1.82) is 0 Å². The first-order chi connectivity index (χ1) is 12.3. The van der Waals surface area contributed by atoms with Crippen LogP contribution in [-0.4, -0.2) is 56.1 Å². The van der Waals surface area contributed by atoms with E-state index in [9.17, 15) is 4.79 Å². The molecule has 1 saturated carbocycles. The Morgan fingerprint density at radius 2 is 1.80 bits per heavy atom. The van der Waals surface area contributed by atoms with E-state index in [1.165, 1.54) is 18.5 Å². The normalized spacial score (nSPS) is 24.9. The first kappa shape index (κ1) is 18.2. The highest BCUT2D eigenvalue weighted by atomic mass is 16.1. The number of benzene rings is 1. The molecule has 1 heterocycles. The number of carbonyl (C=O) groups is 1. The average Bonchev–Trinajstić information content (AvgIpc) is 2.68. The summed E-state index contributed by atoms with van der Waals surface area (Å²) in [4.78, 5) is 17.1. The van der Waals surface area contributed by atoms with Crippen LogP contribution >= 0.6 is 0 Å². The van der Waals surface area contributed by atoms with Crippen molar-refractivity contribution in [2.24, 2.45) is 11.7 Å². The van der Waals surface area contributed by atoms with E-state index in [0.717, 1.165) is 45.6 Å². The summed E-state index contributed by atoms with van der Waals surface area (Å²) in [6, 6.07) is 10.9. The maximum Gasteiger partial charge on any atom is 0.221 e. The predicted octanol–water partition coefficient (Wildman–Crippen LogP) is 1.83. The van der Waals surface area contributed by atoms with Gasteiger partial charge in [0.05, 0.1) is 0 Å². The van der Waals surface area contributed by atoms with Gasteiger partial charge in [0.1, 0.15) is 0 Å². The third-order valence-corrected chi connectivity index (χ3v) is 5.71. The van der Waals surface area contributed by atoms with Gasteiger partial charge in [0.15, 0.2) is 0 Å². The summed E-state index contributed by atoms with van der Waals surface area (Å²) in [5, 5.41) is 3.24. The summed E-state index contributed by atoms with van der Waals surface area (Å²) in [7, 11) is 0. The second kappa shape index (κ2) is 9.20. The number of hydrogen-bond acceptors (Lipinski definition) is 4. The quantitative estimate of drug-likeness (QED) is 0.826. The number of piperazine rings is 1. The zero-order chi connectivity index (χ0) is 17.5. The number of rotatable bonds is 6. The fourth-order valence-corrected chi connectivity index (χ4v) is 4.09. The minimum Gasteiger partial charge on any atom is -0.369 e. The first-order valence-electron chi connectivity index (χ1n) is 9.78. The number of nitrogens with two attached hydrogens (primary N) is 1. The number of hydrogen-bond donors (Lipinski definition) is 2. The molecule has 5 heteroatoms. The van der Waals surface area contributed by atoms with E-state index < -0.39 is 0 Å². The Morgan fingerprint density at radius 1 is 1.08 bits per heavy atom. The molecule has 2 aliphatic rings. The molecule has 1 saturated heterocycles. The molecular formula is C20H32N4O. The molecule has 1 aliphatic heterocycles. The third-order valence-electron chi connectivity index (χ3n) is 5.71. The van der Waals surface area contributed by atoms with E-state index in [2.05, 4.69) is 45.4 Å². The lowest BCUT2D eigenvalue weighted by Gasteiger charge is -2.36. The van der Waals surface area contributed by atoms with E-state index in [-0.39, 0.29) is 5.91 Å². The number of amides is 1. The van der Waals surface area contributed by atoms with Crippen molar-refractivity contribution >= 4 is 11.6 Å². The topological polar surface area (TPSA) is 61.6 Å². The molecule has 0 spiro atoms. The summed E-state index contributed by atoms with van der Waals surface area (Å²) in [6.45, 7) is 5.65. The van der Waals surface area contributed by atoms with Crippen molar-refractivity contribution in [2.45, 2.75) is 38.1 Å². The molecule has 3 rings (SSSR count). The van der Waals surface area contributed by atoms with Crippen molar-refractivity contribution in [3.8, 4) is 0 Å². The van der Waals surface area contributed by atoms with Gasteiger partial charge in [-0.1, -0.05) is 31.0 Å². The van der Waals surface area contributed by atoms with E-state index in [1.807, 2.05) is 0 Å². The Bertz CT molecular complexity index is 528. The van der Waals surface area contributed by atoms with Gasteiger partial charge in [0.2, 0.25) is 5.91 Å². The number of nitrogens with zero attached hydrogens (tertiary/aromatic N) is 2. The van der Waals surface area contributed by atoms with Crippen LogP contribution in [0, 0.1) is 5.92 Å². The fraction of sp³-hybridized carbons (Fsp3) is 0.650. The third kappa shape index (κ3) is 5.19. The van der Waals surface area contributed by atoms with Crippen LogP contribution in [0.1, 0.15) is 32.1 Å². The van der Waals surface area contributed by atoms with Crippen LogP contribution in [0.15, 0.2) is 30.3 Å².